The van der Waals surface area contributed by atoms with Crippen LogP contribution in [-0.2, 0) is 14.8 Å². The van der Waals surface area contributed by atoms with Crippen molar-refractivity contribution >= 4 is 38.9 Å². The Labute approximate surface area is 153 Å². The van der Waals surface area contributed by atoms with Crippen LogP contribution in [0.15, 0.2) is 73.9 Å². The molecule has 0 aliphatic carbocycles. The molecule has 2 heterocycles. The molecule has 1 aromatic heterocycles. The topological polar surface area (TPSA) is 80.0 Å². The summed E-state index contributed by atoms with van der Waals surface area (Å²) >= 11 is 0.916. The van der Waals surface area contributed by atoms with E-state index in [4.69, 9.17) is 4.42 Å². The van der Waals surface area contributed by atoms with E-state index >= 15 is 0 Å². The first kappa shape index (κ1) is 18.2. The van der Waals surface area contributed by atoms with Crippen LogP contribution in [0, 0.1) is 5.82 Å². The van der Waals surface area contributed by atoms with Gasteiger partial charge >= 0.3 is 0 Å². The number of halogens is 1. The fourth-order valence-corrected chi connectivity index (χ4v) is 4.30. The SMILES string of the molecule is C=CCN1C(=O)/C(=C\c2ccco2)S/C1=N/S(=O)(=O)c1ccc(F)cc1. The quantitative estimate of drug-likeness (QED) is 0.576. The first-order valence-electron chi connectivity index (χ1n) is 7.37. The number of hydrogen-bond acceptors (Lipinski definition) is 5. The third kappa shape index (κ3) is 3.78. The van der Waals surface area contributed by atoms with Crippen LogP contribution in [0.3, 0.4) is 0 Å². The number of sulfonamides is 1. The van der Waals surface area contributed by atoms with Gasteiger partial charge in [-0.3, -0.25) is 9.69 Å². The Bertz CT molecular complexity index is 994. The fraction of sp³-hybridized carbons (Fsp3) is 0.0588. The van der Waals surface area contributed by atoms with E-state index in [2.05, 4.69) is 11.0 Å². The molecule has 1 saturated heterocycles. The van der Waals surface area contributed by atoms with Crippen LogP contribution in [0.2, 0.25) is 0 Å². The van der Waals surface area contributed by atoms with E-state index in [1.165, 1.54) is 23.3 Å². The van der Waals surface area contributed by atoms with Gasteiger partial charge in [-0.25, -0.2) is 4.39 Å². The highest BCUT2D eigenvalue weighted by Crippen LogP contribution is 2.33. The molecular weight excluding hydrogens is 379 g/mol. The Hall–Kier alpha value is -2.65. The summed E-state index contributed by atoms with van der Waals surface area (Å²) in [6.07, 6.45) is 4.44. The maximum absolute atomic E-state index is 13.0. The van der Waals surface area contributed by atoms with Crippen molar-refractivity contribution < 1.29 is 22.0 Å². The molecule has 1 aliphatic heterocycles. The van der Waals surface area contributed by atoms with Crippen LogP contribution >= 0.6 is 11.8 Å². The van der Waals surface area contributed by atoms with Crippen molar-refractivity contribution in [1.29, 1.82) is 0 Å². The summed E-state index contributed by atoms with van der Waals surface area (Å²) < 4.78 is 46.9. The van der Waals surface area contributed by atoms with Crippen molar-refractivity contribution in [2.75, 3.05) is 6.54 Å². The Balaban J connectivity index is 1.98. The van der Waals surface area contributed by atoms with E-state index in [9.17, 15) is 17.6 Å². The first-order valence-corrected chi connectivity index (χ1v) is 9.63. The van der Waals surface area contributed by atoms with Gasteiger partial charge in [0.15, 0.2) is 5.17 Å². The summed E-state index contributed by atoms with van der Waals surface area (Å²) in [6, 6.07) is 7.64. The molecule has 9 heteroatoms. The average molecular weight is 392 g/mol. The number of amides is 1. The van der Waals surface area contributed by atoms with Crippen molar-refractivity contribution in [2.24, 2.45) is 4.40 Å². The van der Waals surface area contributed by atoms with Crippen LogP contribution < -0.4 is 0 Å². The second-order valence-corrected chi connectivity index (χ2v) is 7.75. The van der Waals surface area contributed by atoms with Gasteiger partial charge in [-0.1, -0.05) is 6.08 Å². The second-order valence-electron chi connectivity index (χ2n) is 5.13. The summed E-state index contributed by atoms with van der Waals surface area (Å²) in [4.78, 5) is 13.8. The molecular formula is C17H13FN2O4S2. The van der Waals surface area contributed by atoms with Gasteiger partial charge in [-0.2, -0.15) is 8.42 Å². The Kier molecular flexibility index (Phi) is 5.10. The molecule has 134 valence electrons. The van der Waals surface area contributed by atoms with Crippen molar-refractivity contribution in [2.45, 2.75) is 4.90 Å². The minimum absolute atomic E-state index is 0.00275. The molecule has 0 spiro atoms. The van der Waals surface area contributed by atoms with Gasteiger partial charge in [0, 0.05) is 12.6 Å². The smallest absolute Gasteiger partial charge is 0.284 e. The standard InChI is InChI=1S/C17H13FN2O4S2/c1-2-9-20-16(21)15(11-13-4-3-10-24-13)25-17(20)19-26(22,23)14-7-5-12(18)6-8-14/h2-8,10-11H,1,9H2/b15-11+,19-17+. The predicted molar refractivity (Wildman–Crippen MR) is 97.2 cm³/mol. The molecule has 1 aliphatic rings. The molecule has 1 fully saturated rings. The van der Waals surface area contributed by atoms with E-state index in [-0.39, 0.29) is 21.5 Å². The summed E-state index contributed by atoms with van der Waals surface area (Å²) in [7, 11) is -4.10. The van der Waals surface area contributed by atoms with Gasteiger partial charge in [0.05, 0.1) is 16.1 Å². The van der Waals surface area contributed by atoms with E-state index in [0.717, 1.165) is 36.0 Å². The second kappa shape index (κ2) is 7.30. The Morgan fingerprint density at radius 3 is 2.62 bits per heavy atom. The van der Waals surface area contributed by atoms with Crippen LogP contribution in [0.4, 0.5) is 4.39 Å². The van der Waals surface area contributed by atoms with Gasteiger partial charge < -0.3 is 4.42 Å². The normalized spacial score (nSPS) is 18.0. The summed E-state index contributed by atoms with van der Waals surface area (Å²) in [6.45, 7) is 3.67. The minimum Gasteiger partial charge on any atom is -0.465 e. The molecule has 6 nitrogen and oxygen atoms in total. The molecule has 0 unspecified atom stereocenters. The largest absolute Gasteiger partial charge is 0.465 e. The summed E-state index contributed by atoms with van der Waals surface area (Å²) in [5.74, 6) is -0.500. The highest BCUT2D eigenvalue weighted by molar-refractivity contribution is 8.19. The number of nitrogens with zero attached hydrogens (tertiary/aromatic N) is 2. The molecule has 0 radical (unpaired) electrons. The minimum atomic E-state index is -4.10. The van der Waals surface area contributed by atoms with Crippen LogP contribution in [0.25, 0.3) is 6.08 Å². The van der Waals surface area contributed by atoms with Crippen molar-refractivity contribution in [3.8, 4) is 0 Å². The zero-order valence-corrected chi connectivity index (χ0v) is 15.0. The van der Waals surface area contributed by atoms with Gasteiger partial charge in [-0.15, -0.1) is 11.0 Å². The van der Waals surface area contributed by atoms with E-state index in [1.54, 1.807) is 12.1 Å². The molecule has 0 N–H and O–H groups in total. The van der Waals surface area contributed by atoms with E-state index in [0.29, 0.717) is 5.76 Å². The van der Waals surface area contributed by atoms with Crippen LogP contribution in [-0.4, -0.2) is 30.9 Å². The molecule has 0 atom stereocenters. The summed E-state index contributed by atoms with van der Waals surface area (Å²) in [5.41, 5.74) is 0. The maximum atomic E-state index is 13.0. The first-order chi connectivity index (χ1) is 12.4. The lowest BCUT2D eigenvalue weighted by atomic mass is 10.3. The van der Waals surface area contributed by atoms with Gasteiger partial charge in [0.2, 0.25) is 0 Å². The predicted octanol–water partition coefficient (Wildman–Crippen LogP) is 3.27. The third-order valence-corrected chi connectivity index (χ3v) is 5.73. The van der Waals surface area contributed by atoms with Crippen molar-refractivity contribution in [1.82, 2.24) is 4.90 Å². The number of carbonyl (C=O) groups excluding carboxylic acids is 1. The molecule has 3 rings (SSSR count). The number of amidine groups is 1. The molecule has 2 aromatic rings. The van der Waals surface area contributed by atoms with Gasteiger partial charge in [0.1, 0.15) is 11.6 Å². The molecule has 26 heavy (non-hydrogen) atoms. The van der Waals surface area contributed by atoms with E-state index in [1.807, 2.05) is 0 Å². The number of rotatable bonds is 5. The van der Waals surface area contributed by atoms with Crippen molar-refractivity contribution in [3.05, 3.63) is 71.8 Å². The fourth-order valence-electron chi connectivity index (χ4n) is 2.13. The average Bonchev–Trinajstić information content (AvgIpc) is 3.20. The van der Waals surface area contributed by atoms with E-state index < -0.39 is 21.7 Å². The monoisotopic (exact) mass is 392 g/mol. The maximum Gasteiger partial charge on any atom is 0.284 e. The van der Waals surface area contributed by atoms with Crippen LogP contribution in [0.5, 0.6) is 0 Å². The highest BCUT2D eigenvalue weighted by Gasteiger charge is 2.34. The molecule has 1 aromatic carbocycles. The lowest BCUT2D eigenvalue weighted by molar-refractivity contribution is -0.121. The zero-order chi connectivity index (χ0) is 18.7. The molecule has 0 bridgehead atoms. The number of carbonyl (C=O) groups is 1. The van der Waals surface area contributed by atoms with Gasteiger partial charge in [0.25, 0.3) is 15.9 Å². The molecule has 1 amide bonds. The van der Waals surface area contributed by atoms with Crippen LogP contribution in [0.1, 0.15) is 5.76 Å². The van der Waals surface area contributed by atoms with Gasteiger partial charge in [-0.05, 0) is 48.2 Å². The Morgan fingerprint density at radius 1 is 1.27 bits per heavy atom. The number of hydrogen-bond donors (Lipinski definition) is 0. The number of furan rings is 1. The zero-order valence-electron chi connectivity index (χ0n) is 13.3. The summed E-state index contributed by atoms with van der Waals surface area (Å²) in [5, 5.41) is -0.00275. The highest BCUT2D eigenvalue weighted by atomic mass is 32.2. The third-order valence-electron chi connectivity index (χ3n) is 3.33. The Morgan fingerprint density at radius 2 is 2.00 bits per heavy atom. The lowest BCUT2D eigenvalue weighted by Gasteiger charge is -2.12. The number of thioether (sulfide) groups is 1. The number of benzene rings is 1. The lowest BCUT2D eigenvalue weighted by Crippen LogP contribution is -2.29. The molecule has 0 saturated carbocycles. The van der Waals surface area contributed by atoms with Crippen molar-refractivity contribution in [3.63, 3.8) is 0 Å².